The molecule has 0 bridgehead atoms. The average Bonchev–Trinajstić information content (AvgIpc) is 3.34. The number of amides is 1. The molecular formula is C22H23N3O. The van der Waals surface area contributed by atoms with Gasteiger partial charge in [-0.15, -0.1) is 0 Å². The molecule has 1 aliphatic carbocycles. The summed E-state index contributed by atoms with van der Waals surface area (Å²) < 4.78 is 1.98. The van der Waals surface area contributed by atoms with E-state index in [0.29, 0.717) is 12.5 Å². The van der Waals surface area contributed by atoms with Gasteiger partial charge in [0.1, 0.15) is 5.82 Å². The monoisotopic (exact) mass is 345 g/mol. The van der Waals surface area contributed by atoms with Gasteiger partial charge in [0.15, 0.2) is 0 Å². The van der Waals surface area contributed by atoms with Gasteiger partial charge in [-0.25, -0.2) is 4.68 Å². The molecular weight excluding hydrogens is 322 g/mol. The molecule has 4 rings (SSSR count). The molecule has 4 heteroatoms. The van der Waals surface area contributed by atoms with E-state index in [-0.39, 0.29) is 5.91 Å². The Morgan fingerprint density at radius 1 is 0.962 bits per heavy atom. The first-order valence-electron chi connectivity index (χ1n) is 9.27. The van der Waals surface area contributed by atoms with Crippen molar-refractivity contribution in [2.45, 2.75) is 38.1 Å². The third-order valence-corrected chi connectivity index (χ3v) is 5.03. The van der Waals surface area contributed by atoms with Crippen molar-refractivity contribution in [3.8, 4) is 11.1 Å². The van der Waals surface area contributed by atoms with Crippen molar-refractivity contribution < 1.29 is 4.79 Å². The summed E-state index contributed by atoms with van der Waals surface area (Å²) in [5.74, 6) is 0.806. The average molecular weight is 345 g/mol. The fourth-order valence-corrected chi connectivity index (χ4v) is 3.67. The summed E-state index contributed by atoms with van der Waals surface area (Å²) in [7, 11) is 0. The molecule has 132 valence electrons. The molecule has 26 heavy (non-hydrogen) atoms. The Kier molecular flexibility index (Phi) is 4.82. The second-order valence-electron chi connectivity index (χ2n) is 6.89. The van der Waals surface area contributed by atoms with E-state index in [1.165, 1.54) is 18.4 Å². The number of carbonyl (C=O) groups is 1. The van der Waals surface area contributed by atoms with E-state index >= 15 is 0 Å². The second kappa shape index (κ2) is 7.56. The standard InChI is InChI=1S/C22H23N3O/c26-22(24-21-14-15-23-25(21)20-8-4-5-9-20)16-17-10-12-19(13-11-17)18-6-2-1-3-7-18/h1-3,6-7,10-15,20H,4-5,8-9,16H2,(H,24,26). The Labute approximate surface area is 153 Å². The molecule has 1 fully saturated rings. The summed E-state index contributed by atoms with van der Waals surface area (Å²) in [5.41, 5.74) is 3.35. The number of nitrogens with zero attached hydrogens (tertiary/aromatic N) is 2. The van der Waals surface area contributed by atoms with Gasteiger partial charge in [-0.2, -0.15) is 5.10 Å². The quantitative estimate of drug-likeness (QED) is 0.719. The molecule has 1 aliphatic rings. The first-order valence-corrected chi connectivity index (χ1v) is 9.27. The maximum absolute atomic E-state index is 12.4. The molecule has 0 aliphatic heterocycles. The van der Waals surface area contributed by atoms with Crippen molar-refractivity contribution in [1.82, 2.24) is 9.78 Å². The van der Waals surface area contributed by atoms with Crippen LogP contribution in [-0.2, 0) is 11.2 Å². The molecule has 1 heterocycles. The third kappa shape index (κ3) is 3.69. The predicted molar refractivity (Wildman–Crippen MR) is 104 cm³/mol. The van der Waals surface area contributed by atoms with Crippen LogP contribution in [0.2, 0.25) is 0 Å². The van der Waals surface area contributed by atoms with Crippen LogP contribution in [0.3, 0.4) is 0 Å². The zero-order valence-corrected chi connectivity index (χ0v) is 14.8. The highest BCUT2D eigenvalue weighted by molar-refractivity contribution is 5.91. The van der Waals surface area contributed by atoms with Gasteiger partial charge in [0, 0.05) is 6.07 Å². The molecule has 0 radical (unpaired) electrons. The Hall–Kier alpha value is -2.88. The molecule has 1 saturated carbocycles. The molecule has 2 aromatic carbocycles. The molecule has 1 aromatic heterocycles. The number of benzene rings is 2. The fourth-order valence-electron chi connectivity index (χ4n) is 3.67. The molecule has 0 saturated heterocycles. The summed E-state index contributed by atoms with van der Waals surface area (Å²) in [5, 5.41) is 7.43. The Bertz CT molecular complexity index is 862. The van der Waals surface area contributed by atoms with Crippen molar-refractivity contribution in [2.24, 2.45) is 0 Å². The SMILES string of the molecule is O=C(Cc1ccc(-c2ccccc2)cc1)Nc1ccnn1C1CCCC1. The summed E-state index contributed by atoms with van der Waals surface area (Å²) in [6, 6.07) is 20.7. The van der Waals surface area contributed by atoms with Crippen LogP contribution in [0.1, 0.15) is 37.3 Å². The first kappa shape index (κ1) is 16.6. The van der Waals surface area contributed by atoms with Gasteiger partial charge in [0.25, 0.3) is 0 Å². The van der Waals surface area contributed by atoms with Crippen LogP contribution in [0.25, 0.3) is 11.1 Å². The van der Waals surface area contributed by atoms with Crippen molar-refractivity contribution in [2.75, 3.05) is 5.32 Å². The van der Waals surface area contributed by atoms with Crippen LogP contribution in [-0.4, -0.2) is 15.7 Å². The van der Waals surface area contributed by atoms with E-state index in [9.17, 15) is 4.79 Å². The molecule has 0 spiro atoms. The van der Waals surface area contributed by atoms with Crippen LogP contribution in [0.5, 0.6) is 0 Å². The zero-order valence-electron chi connectivity index (χ0n) is 14.8. The number of nitrogens with one attached hydrogen (secondary N) is 1. The second-order valence-corrected chi connectivity index (χ2v) is 6.89. The summed E-state index contributed by atoms with van der Waals surface area (Å²) >= 11 is 0. The summed E-state index contributed by atoms with van der Waals surface area (Å²) in [6.07, 6.45) is 6.90. The van der Waals surface area contributed by atoms with Crippen LogP contribution >= 0.6 is 0 Å². The first-order chi connectivity index (χ1) is 12.8. The number of aromatic nitrogens is 2. The van der Waals surface area contributed by atoms with Gasteiger partial charge in [0.2, 0.25) is 5.91 Å². The van der Waals surface area contributed by atoms with Gasteiger partial charge in [-0.05, 0) is 29.5 Å². The van der Waals surface area contributed by atoms with Crippen molar-refractivity contribution in [3.05, 3.63) is 72.4 Å². The number of anilines is 1. The van der Waals surface area contributed by atoms with Crippen LogP contribution in [0.15, 0.2) is 66.9 Å². The largest absolute Gasteiger partial charge is 0.311 e. The van der Waals surface area contributed by atoms with Gasteiger partial charge >= 0.3 is 0 Å². The van der Waals surface area contributed by atoms with Crippen molar-refractivity contribution in [3.63, 3.8) is 0 Å². The lowest BCUT2D eigenvalue weighted by Gasteiger charge is -2.14. The Morgan fingerprint density at radius 3 is 2.38 bits per heavy atom. The summed E-state index contributed by atoms with van der Waals surface area (Å²) in [4.78, 5) is 12.4. The van der Waals surface area contributed by atoms with E-state index in [1.54, 1.807) is 6.20 Å². The third-order valence-electron chi connectivity index (χ3n) is 5.03. The number of hydrogen-bond donors (Lipinski definition) is 1. The lowest BCUT2D eigenvalue weighted by atomic mass is 10.0. The highest BCUT2D eigenvalue weighted by Crippen LogP contribution is 2.31. The van der Waals surface area contributed by atoms with E-state index in [4.69, 9.17) is 0 Å². The highest BCUT2D eigenvalue weighted by Gasteiger charge is 2.20. The predicted octanol–water partition coefficient (Wildman–Crippen LogP) is 4.85. The number of hydrogen-bond acceptors (Lipinski definition) is 2. The molecule has 1 N–H and O–H groups in total. The Balaban J connectivity index is 1.40. The van der Waals surface area contributed by atoms with Gasteiger partial charge in [0.05, 0.1) is 18.7 Å². The lowest BCUT2D eigenvalue weighted by molar-refractivity contribution is -0.115. The molecule has 4 nitrogen and oxygen atoms in total. The normalized spacial score (nSPS) is 14.5. The molecule has 1 amide bonds. The van der Waals surface area contributed by atoms with E-state index in [2.05, 4.69) is 34.7 Å². The minimum atomic E-state index is -0.00259. The highest BCUT2D eigenvalue weighted by atomic mass is 16.1. The maximum atomic E-state index is 12.4. The van der Waals surface area contributed by atoms with Crippen LogP contribution in [0, 0.1) is 0 Å². The minimum Gasteiger partial charge on any atom is -0.311 e. The fraction of sp³-hybridized carbons (Fsp3) is 0.273. The lowest BCUT2D eigenvalue weighted by Crippen LogP contribution is -2.19. The van der Waals surface area contributed by atoms with E-state index < -0.39 is 0 Å². The molecule has 0 unspecified atom stereocenters. The van der Waals surface area contributed by atoms with Crippen molar-refractivity contribution in [1.29, 1.82) is 0 Å². The Morgan fingerprint density at radius 2 is 1.65 bits per heavy atom. The smallest absolute Gasteiger partial charge is 0.229 e. The van der Waals surface area contributed by atoms with E-state index in [0.717, 1.165) is 29.8 Å². The minimum absolute atomic E-state index is 0.00259. The van der Waals surface area contributed by atoms with Gasteiger partial charge < -0.3 is 5.32 Å². The topological polar surface area (TPSA) is 46.9 Å². The molecule has 0 atom stereocenters. The number of carbonyl (C=O) groups excluding carboxylic acids is 1. The maximum Gasteiger partial charge on any atom is 0.229 e. The van der Waals surface area contributed by atoms with Gasteiger partial charge in [-0.3, -0.25) is 4.79 Å². The van der Waals surface area contributed by atoms with Crippen LogP contribution in [0.4, 0.5) is 5.82 Å². The number of rotatable bonds is 5. The van der Waals surface area contributed by atoms with Crippen molar-refractivity contribution >= 4 is 11.7 Å². The van der Waals surface area contributed by atoms with E-state index in [1.807, 2.05) is 41.1 Å². The zero-order chi connectivity index (χ0) is 17.8. The van der Waals surface area contributed by atoms with Gasteiger partial charge in [-0.1, -0.05) is 67.4 Å². The molecule has 3 aromatic rings. The summed E-state index contributed by atoms with van der Waals surface area (Å²) in [6.45, 7) is 0. The van der Waals surface area contributed by atoms with Crippen LogP contribution < -0.4 is 5.32 Å².